The smallest absolute Gasteiger partial charge is 0.260 e. The molecule has 154 valence electrons. The van der Waals surface area contributed by atoms with Gasteiger partial charge in [0.15, 0.2) is 5.16 Å². The van der Waals surface area contributed by atoms with Crippen LogP contribution in [0.1, 0.15) is 30.3 Å². The second-order valence-electron chi connectivity index (χ2n) is 7.00. The Bertz CT molecular complexity index is 1260. The Balaban J connectivity index is 1.48. The first kappa shape index (κ1) is 20.7. The second-order valence-corrected chi connectivity index (χ2v) is 9.83. The highest BCUT2D eigenvalue weighted by atomic mass is 32.2. The number of hydrogen-bond donors (Lipinski definition) is 2. The lowest BCUT2D eigenvalue weighted by atomic mass is 10.1. The van der Waals surface area contributed by atoms with E-state index in [1.807, 2.05) is 50.4 Å². The van der Waals surface area contributed by atoms with Gasteiger partial charge in [-0.15, -0.1) is 21.5 Å². The monoisotopic (exact) mass is 457 g/mol. The van der Waals surface area contributed by atoms with Gasteiger partial charge in [0, 0.05) is 16.9 Å². The molecule has 0 bridgehead atoms. The van der Waals surface area contributed by atoms with Crippen molar-refractivity contribution in [3.8, 4) is 11.1 Å². The zero-order valence-electron chi connectivity index (χ0n) is 16.6. The molecule has 7 nitrogen and oxygen atoms in total. The fourth-order valence-electron chi connectivity index (χ4n) is 2.75. The predicted molar refractivity (Wildman–Crippen MR) is 124 cm³/mol. The summed E-state index contributed by atoms with van der Waals surface area (Å²) in [6.07, 6.45) is 0. The number of hydrogen-bond acceptors (Lipinski definition) is 8. The number of aromatic amines is 1. The van der Waals surface area contributed by atoms with E-state index in [2.05, 4.69) is 25.5 Å². The minimum atomic E-state index is -0.222. The van der Waals surface area contributed by atoms with Gasteiger partial charge in [-0.2, -0.15) is 0 Å². The van der Waals surface area contributed by atoms with Gasteiger partial charge in [-0.3, -0.25) is 14.9 Å². The number of aromatic nitrogens is 4. The van der Waals surface area contributed by atoms with Gasteiger partial charge in [0.05, 0.1) is 11.1 Å². The van der Waals surface area contributed by atoms with Crippen LogP contribution in [0.25, 0.3) is 21.3 Å². The van der Waals surface area contributed by atoms with Gasteiger partial charge >= 0.3 is 0 Å². The Morgan fingerprint density at radius 1 is 1.23 bits per heavy atom. The summed E-state index contributed by atoms with van der Waals surface area (Å²) in [5.41, 5.74) is 2.81. The summed E-state index contributed by atoms with van der Waals surface area (Å²) in [5, 5.41) is 15.1. The van der Waals surface area contributed by atoms with E-state index < -0.39 is 0 Å². The molecule has 0 aliphatic rings. The summed E-state index contributed by atoms with van der Waals surface area (Å²) in [4.78, 5) is 32.9. The number of thiophene rings is 1. The molecule has 0 aliphatic heterocycles. The molecule has 0 radical (unpaired) electrons. The third kappa shape index (κ3) is 4.45. The molecule has 3 heterocycles. The lowest BCUT2D eigenvalue weighted by Gasteiger charge is -2.03. The van der Waals surface area contributed by atoms with Crippen LogP contribution >= 0.6 is 34.4 Å². The van der Waals surface area contributed by atoms with Crippen LogP contribution in [-0.2, 0) is 4.79 Å². The van der Waals surface area contributed by atoms with Crippen LogP contribution in [0.15, 0.2) is 39.6 Å². The number of anilines is 1. The molecule has 0 fully saturated rings. The van der Waals surface area contributed by atoms with Gasteiger partial charge < -0.3 is 4.98 Å². The van der Waals surface area contributed by atoms with E-state index in [9.17, 15) is 9.59 Å². The van der Waals surface area contributed by atoms with Gasteiger partial charge in [0.2, 0.25) is 11.0 Å². The maximum Gasteiger partial charge on any atom is 0.260 e. The third-order valence-corrected chi connectivity index (χ3v) is 7.19. The Morgan fingerprint density at radius 2 is 2.00 bits per heavy atom. The molecule has 30 heavy (non-hydrogen) atoms. The van der Waals surface area contributed by atoms with Crippen molar-refractivity contribution < 1.29 is 4.79 Å². The molecule has 3 aromatic heterocycles. The minimum Gasteiger partial charge on any atom is -0.301 e. The molecule has 0 saturated carbocycles. The number of amides is 1. The Morgan fingerprint density at radius 3 is 2.70 bits per heavy atom. The number of aryl methyl sites for hydroxylation is 1. The number of thioether (sulfide) groups is 1. The number of benzene rings is 1. The molecule has 10 heteroatoms. The van der Waals surface area contributed by atoms with Gasteiger partial charge in [-0.1, -0.05) is 66.8 Å². The molecule has 2 N–H and O–H groups in total. The van der Waals surface area contributed by atoms with Crippen molar-refractivity contribution in [1.82, 2.24) is 20.2 Å². The molecule has 0 saturated heterocycles. The minimum absolute atomic E-state index is 0.112. The van der Waals surface area contributed by atoms with Crippen molar-refractivity contribution >= 4 is 55.7 Å². The highest BCUT2D eigenvalue weighted by Crippen LogP contribution is 2.31. The molecular formula is C20H19N5O2S3. The van der Waals surface area contributed by atoms with E-state index in [1.54, 1.807) is 0 Å². The highest BCUT2D eigenvalue weighted by molar-refractivity contribution is 7.99. The van der Waals surface area contributed by atoms with E-state index in [0.29, 0.717) is 20.5 Å². The number of H-pyrrole nitrogens is 1. The van der Waals surface area contributed by atoms with Crippen LogP contribution in [0, 0.1) is 6.92 Å². The zero-order chi connectivity index (χ0) is 21.3. The molecule has 1 amide bonds. The van der Waals surface area contributed by atoms with E-state index in [0.717, 1.165) is 21.7 Å². The van der Waals surface area contributed by atoms with Crippen molar-refractivity contribution in [3.63, 3.8) is 0 Å². The Labute approximate surface area is 185 Å². The van der Waals surface area contributed by atoms with Crippen LogP contribution < -0.4 is 10.9 Å². The lowest BCUT2D eigenvalue weighted by Crippen LogP contribution is -2.15. The van der Waals surface area contributed by atoms with E-state index in [1.165, 1.54) is 34.4 Å². The normalized spacial score (nSPS) is 11.3. The Kier molecular flexibility index (Phi) is 5.98. The maximum absolute atomic E-state index is 12.7. The number of rotatable bonds is 6. The molecular weight excluding hydrogens is 438 g/mol. The summed E-state index contributed by atoms with van der Waals surface area (Å²) in [5.74, 6) is 0.154. The van der Waals surface area contributed by atoms with Crippen LogP contribution in [0.2, 0.25) is 0 Å². The molecule has 4 aromatic rings. The topological polar surface area (TPSA) is 101 Å². The van der Waals surface area contributed by atoms with Gasteiger partial charge in [0.25, 0.3) is 5.56 Å². The molecule has 0 unspecified atom stereocenters. The van der Waals surface area contributed by atoms with Crippen molar-refractivity contribution in [2.75, 3.05) is 11.1 Å². The SMILES string of the molecule is Cc1ccc(-c2csc3nc(SCC(=O)Nc4nnc(C(C)C)s4)[nH]c(=O)c23)cc1. The number of nitrogens with one attached hydrogen (secondary N) is 2. The van der Waals surface area contributed by atoms with Gasteiger partial charge in [-0.05, 0) is 12.5 Å². The van der Waals surface area contributed by atoms with E-state index in [-0.39, 0.29) is 23.1 Å². The largest absolute Gasteiger partial charge is 0.301 e. The first-order valence-electron chi connectivity index (χ1n) is 9.25. The number of carbonyl (C=O) groups excluding carboxylic acids is 1. The molecule has 0 aliphatic carbocycles. The first-order chi connectivity index (χ1) is 14.4. The van der Waals surface area contributed by atoms with Gasteiger partial charge in [0.1, 0.15) is 9.84 Å². The average molecular weight is 458 g/mol. The molecule has 1 aromatic carbocycles. The maximum atomic E-state index is 12.7. The van der Waals surface area contributed by atoms with Crippen LogP contribution in [0.4, 0.5) is 5.13 Å². The van der Waals surface area contributed by atoms with Crippen molar-refractivity contribution in [3.05, 3.63) is 50.6 Å². The summed E-state index contributed by atoms with van der Waals surface area (Å²) in [7, 11) is 0. The second kappa shape index (κ2) is 8.66. The summed E-state index contributed by atoms with van der Waals surface area (Å²) < 4.78 is 0. The van der Waals surface area contributed by atoms with Crippen LogP contribution in [-0.4, -0.2) is 31.8 Å². The van der Waals surface area contributed by atoms with Crippen molar-refractivity contribution in [2.24, 2.45) is 0 Å². The number of fused-ring (bicyclic) bond motifs is 1. The summed E-state index contributed by atoms with van der Waals surface area (Å²) in [6.45, 7) is 6.07. The third-order valence-electron chi connectivity index (χ3n) is 4.31. The quantitative estimate of drug-likeness (QED) is 0.322. The average Bonchev–Trinajstić information content (AvgIpc) is 3.34. The first-order valence-corrected chi connectivity index (χ1v) is 11.9. The van der Waals surface area contributed by atoms with Crippen molar-refractivity contribution in [2.45, 2.75) is 31.8 Å². The van der Waals surface area contributed by atoms with Crippen LogP contribution in [0.3, 0.4) is 0 Å². The predicted octanol–water partition coefficient (Wildman–Crippen LogP) is 4.67. The lowest BCUT2D eigenvalue weighted by molar-refractivity contribution is -0.113. The number of carbonyl (C=O) groups is 1. The van der Waals surface area contributed by atoms with Gasteiger partial charge in [-0.25, -0.2) is 4.98 Å². The summed E-state index contributed by atoms with van der Waals surface area (Å²) >= 11 is 3.96. The standard InChI is InChI=1S/C20H19N5O2S3/c1-10(2)17-24-25-20(30-17)21-14(26)9-29-19-22-16(27)15-13(8-28-18(15)23-19)12-6-4-11(3)5-7-12/h4-8,10H,9H2,1-3H3,(H,21,25,26)(H,22,23,27). The molecule has 0 atom stereocenters. The molecule has 0 spiro atoms. The highest BCUT2D eigenvalue weighted by Gasteiger charge is 2.15. The fourth-order valence-corrected chi connectivity index (χ4v) is 5.18. The number of nitrogens with zero attached hydrogens (tertiary/aromatic N) is 3. The Hall–Kier alpha value is -2.56. The fraction of sp³-hybridized carbons (Fsp3) is 0.250. The summed E-state index contributed by atoms with van der Waals surface area (Å²) in [6, 6.07) is 8.04. The van der Waals surface area contributed by atoms with Crippen molar-refractivity contribution in [1.29, 1.82) is 0 Å². The van der Waals surface area contributed by atoms with E-state index in [4.69, 9.17) is 0 Å². The zero-order valence-corrected chi connectivity index (χ0v) is 19.0. The molecule has 4 rings (SSSR count). The van der Waals surface area contributed by atoms with Crippen LogP contribution in [0.5, 0.6) is 0 Å². The van der Waals surface area contributed by atoms with E-state index >= 15 is 0 Å².